The van der Waals surface area contributed by atoms with E-state index >= 15 is 0 Å². The van der Waals surface area contributed by atoms with Crippen molar-refractivity contribution in [2.24, 2.45) is 28.2 Å². The molecule has 0 N–H and O–H groups in total. The molecule has 0 aliphatic carbocycles. The van der Waals surface area contributed by atoms with Crippen LogP contribution in [0.4, 0.5) is 11.4 Å². The van der Waals surface area contributed by atoms with Crippen molar-refractivity contribution in [3.05, 3.63) is 249 Å². The maximum atomic E-state index is 5.36. The molecule has 0 saturated carbocycles. The van der Waals surface area contributed by atoms with Crippen LogP contribution in [0.5, 0.6) is 0 Å². The fraction of sp³-hybridized carbons (Fsp3) is 0.222. The zero-order valence-corrected chi connectivity index (χ0v) is 60.7. The van der Waals surface area contributed by atoms with E-state index in [0.717, 1.165) is 61.4 Å². The predicted octanol–water partition coefficient (Wildman–Crippen LogP) is 19.2. The van der Waals surface area contributed by atoms with E-state index in [4.69, 9.17) is 9.97 Å². The van der Waals surface area contributed by atoms with Gasteiger partial charge < -0.3 is 37.9 Å². The standard InChI is InChI=1S/C31H30N3.C30H29N4.2C10H10N2.2Ir/c1-18(2)21-12-9-13-22(19(3)4)28(21)31-32-29-24-11-8-7-10-23(24)25-17-27-20(14-15-33(27)5)16-26(25)30(29)34(31)6;1-17(2)19-12-9-13-20(18(3)4)27(19)30-32-28-22-11-8-7-10-21(22)23-14-25-26(33(5)16-31-25)15-24(23)29(28)34(30)6;2*1-11-7-8-12(9-11)10-5-3-2-4-6-10;;/h7-10,12-19H,1-6H3;7-10,12-18H,1-6H3;2*2-5,7-9H,1H3;;/q2*-1;2*-2;2*+3. The Labute approximate surface area is 580 Å². The Hall–Kier alpha value is -8.83. The minimum Gasteiger partial charge on any atom is -0.510 e. The predicted molar refractivity (Wildman–Crippen MR) is 385 cm³/mol. The first-order chi connectivity index (χ1) is 44.4. The summed E-state index contributed by atoms with van der Waals surface area (Å²) in [6.45, 7) is 22.2. The fourth-order valence-corrected chi connectivity index (χ4v) is 13.3. The number of hydrogen-bond donors (Lipinski definition) is 0. The molecule has 0 fully saturated rings. The normalized spacial score (nSPS) is 13.0. The maximum Gasteiger partial charge on any atom is 3.00 e. The van der Waals surface area contributed by atoms with Crippen molar-refractivity contribution in [2.75, 3.05) is 23.9 Å². The molecule has 0 radical (unpaired) electrons. The molecule has 0 bridgehead atoms. The SMILES string of the molecule is CC(C)c1cccc(C(C)C)c1-c1nc2c3[c-]cccc3c3cc4c(ccn4C)cc3c2n1C.CC(C)c1cccc(C(C)C)c1-c1nc2c3[c-]cccc3c3cc4ncn(C)c4cc3c2n1C.CN1C=CN(c2[c-]cccc2)[CH-]1.CN1C=CN(c2[c-]cccc2)[CH-]1.[Ir+3].[Ir+3]. The molecule has 14 aromatic rings. The summed E-state index contributed by atoms with van der Waals surface area (Å²) in [4.78, 5) is 23.4. The van der Waals surface area contributed by atoms with E-state index in [1.54, 1.807) is 0 Å². The molecule has 4 aromatic heterocycles. The molecule has 0 saturated heterocycles. The number of fused-ring (bicyclic) bond motifs is 14. The second-order valence-electron chi connectivity index (χ2n) is 25.6. The Morgan fingerprint density at radius 1 is 0.404 bits per heavy atom. The Balaban J connectivity index is 0.000000140. The van der Waals surface area contributed by atoms with Gasteiger partial charge in [-0.25, -0.2) is 4.98 Å². The van der Waals surface area contributed by atoms with Crippen molar-refractivity contribution in [1.82, 2.24) is 43.0 Å². The smallest absolute Gasteiger partial charge is 0.510 e. The van der Waals surface area contributed by atoms with E-state index in [1.165, 1.54) is 82.1 Å². The minimum atomic E-state index is 0. The molecule has 0 amide bonds. The first-order valence-electron chi connectivity index (χ1n) is 31.9. The Bertz CT molecular complexity index is 5010. The third-order valence-electron chi connectivity index (χ3n) is 18.0. The maximum absolute atomic E-state index is 5.36. The number of para-hydroxylation sites is 2. The number of benzene rings is 10. The van der Waals surface area contributed by atoms with Crippen molar-refractivity contribution >= 4 is 98.5 Å². The summed E-state index contributed by atoms with van der Waals surface area (Å²) < 4.78 is 8.90. The molecule has 16 rings (SSSR count). The van der Waals surface area contributed by atoms with Crippen molar-refractivity contribution in [1.29, 1.82) is 0 Å². The van der Waals surface area contributed by atoms with Crippen molar-refractivity contribution in [3.63, 3.8) is 0 Å². The number of aryl methyl sites for hydroxylation is 4. The van der Waals surface area contributed by atoms with E-state index in [2.05, 4.69) is 228 Å². The number of anilines is 2. The minimum absolute atomic E-state index is 0. The van der Waals surface area contributed by atoms with Gasteiger partial charge in [0.2, 0.25) is 0 Å². The quantitative estimate of drug-likeness (QED) is 0.111. The second-order valence-corrected chi connectivity index (χ2v) is 25.6. The summed E-state index contributed by atoms with van der Waals surface area (Å²) in [5.74, 6) is 3.71. The van der Waals surface area contributed by atoms with Gasteiger partial charge in [0.25, 0.3) is 0 Å². The number of nitrogens with zero attached hydrogens (tertiary/aromatic N) is 11. The van der Waals surface area contributed by atoms with E-state index < -0.39 is 0 Å². The van der Waals surface area contributed by atoms with Crippen LogP contribution in [0.1, 0.15) is 101 Å². The zero-order valence-electron chi connectivity index (χ0n) is 55.9. The second kappa shape index (κ2) is 27.6. The zero-order chi connectivity index (χ0) is 64.2. The van der Waals surface area contributed by atoms with Crippen LogP contribution in [0.15, 0.2) is 189 Å². The van der Waals surface area contributed by atoms with Gasteiger partial charge in [-0.15, -0.1) is 70.7 Å². The molecule has 10 aromatic carbocycles. The molecule has 11 nitrogen and oxygen atoms in total. The van der Waals surface area contributed by atoms with Crippen molar-refractivity contribution in [3.8, 4) is 22.8 Å². The van der Waals surface area contributed by atoms with Gasteiger partial charge >= 0.3 is 40.2 Å². The third-order valence-corrected chi connectivity index (χ3v) is 18.0. The van der Waals surface area contributed by atoms with E-state index in [1.807, 2.05) is 139 Å². The van der Waals surface area contributed by atoms with Crippen LogP contribution < -0.4 is 9.80 Å². The number of imidazole rings is 3. The molecule has 0 unspecified atom stereocenters. The van der Waals surface area contributed by atoms with Crippen LogP contribution in [-0.4, -0.2) is 57.1 Å². The van der Waals surface area contributed by atoms with E-state index in [-0.39, 0.29) is 40.2 Å². The Morgan fingerprint density at radius 3 is 1.27 bits per heavy atom. The molecule has 2 aliphatic rings. The Kier molecular flexibility index (Phi) is 19.6. The summed E-state index contributed by atoms with van der Waals surface area (Å²) >= 11 is 0. The summed E-state index contributed by atoms with van der Waals surface area (Å²) in [6, 6.07) is 66.4. The largest absolute Gasteiger partial charge is 3.00 e. The van der Waals surface area contributed by atoms with Crippen molar-refractivity contribution in [2.45, 2.75) is 79.1 Å². The monoisotopic (exact) mass is 1590 g/mol. The van der Waals surface area contributed by atoms with Gasteiger partial charge in [0.1, 0.15) is 11.6 Å². The molecule has 94 heavy (non-hydrogen) atoms. The molecule has 0 atom stereocenters. The first-order valence-corrected chi connectivity index (χ1v) is 31.9. The van der Waals surface area contributed by atoms with Gasteiger partial charge in [0.05, 0.1) is 17.4 Å². The number of hydrogen-bond acceptors (Lipinski definition) is 7. The van der Waals surface area contributed by atoms with Gasteiger partial charge in [-0.2, -0.15) is 74.0 Å². The third kappa shape index (κ3) is 12.4. The molecular weight excluding hydrogens is 1510 g/mol. The van der Waals surface area contributed by atoms with E-state index in [0.29, 0.717) is 23.7 Å². The number of rotatable bonds is 8. The fourth-order valence-electron chi connectivity index (χ4n) is 13.3. The van der Waals surface area contributed by atoms with Crippen LogP contribution >= 0.6 is 0 Å². The summed E-state index contributed by atoms with van der Waals surface area (Å²) in [5.41, 5.74) is 17.8. The van der Waals surface area contributed by atoms with Gasteiger partial charge in [-0.1, -0.05) is 103 Å². The molecule has 6 heterocycles. The first kappa shape index (κ1) is 66.6. The summed E-state index contributed by atoms with van der Waals surface area (Å²) in [6.07, 6.45) is 12.0. The molecule has 476 valence electrons. The van der Waals surface area contributed by atoms with Gasteiger partial charge in [-0.3, -0.25) is 9.97 Å². The molecule has 0 spiro atoms. The van der Waals surface area contributed by atoms with Crippen LogP contribution in [-0.2, 0) is 68.4 Å². The topological polar surface area (TPSA) is 71.3 Å². The van der Waals surface area contributed by atoms with Crippen LogP contribution in [0.3, 0.4) is 0 Å². The molecular formula is C81H79Ir2N11. The Morgan fingerprint density at radius 2 is 0.840 bits per heavy atom. The van der Waals surface area contributed by atoms with Crippen LogP contribution in [0, 0.1) is 37.6 Å². The van der Waals surface area contributed by atoms with Crippen LogP contribution in [0.25, 0.3) is 110 Å². The van der Waals surface area contributed by atoms with Crippen molar-refractivity contribution < 1.29 is 40.2 Å². The summed E-state index contributed by atoms with van der Waals surface area (Å²) in [5, 5.41) is 10.7. The van der Waals surface area contributed by atoms with Gasteiger partial charge in [-0.05, 0) is 137 Å². The van der Waals surface area contributed by atoms with Crippen LogP contribution in [0.2, 0.25) is 0 Å². The summed E-state index contributed by atoms with van der Waals surface area (Å²) in [7, 11) is 12.5. The molecule has 2 aliphatic heterocycles. The molecule has 13 heteroatoms. The number of aromatic nitrogens is 7. The van der Waals surface area contributed by atoms with Gasteiger partial charge in [0.15, 0.2) is 0 Å². The van der Waals surface area contributed by atoms with Gasteiger partial charge in [0, 0.05) is 78.5 Å². The average molecular weight is 1590 g/mol. The van der Waals surface area contributed by atoms with E-state index in [9.17, 15) is 0 Å². The average Bonchev–Trinajstić information content (AvgIpc) is 1.40.